The van der Waals surface area contributed by atoms with E-state index in [9.17, 15) is 5.11 Å². The summed E-state index contributed by atoms with van der Waals surface area (Å²) in [4.78, 5) is 12.2. The molecule has 0 aliphatic carbocycles. The Labute approximate surface area is 199 Å². The Morgan fingerprint density at radius 1 is 0.824 bits per heavy atom. The first-order chi connectivity index (χ1) is 16.8. The first kappa shape index (κ1) is 22.1. The smallest absolute Gasteiger partial charge is 0.158 e. The lowest BCUT2D eigenvalue weighted by Gasteiger charge is -2.25. The molecule has 6 nitrogen and oxygen atoms in total. The molecule has 1 N–H and O–H groups in total. The van der Waals surface area contributed by atoms with Crippen molar-refractivity contribution < 1.29 is 9.84 Å². The molecule has 2 aromatic heterocycles. The van der Waals surface area contributed by atoms with Gasteiger partial charge in [-0.1, -0.05) is 78.9 Å². The standard InChI is InChI=1S/C28H28N4O2/c1-2-34-20-32-25(19-33)30-26-27(32)23-15-9-10-16-24(23)29-28(26)31(17-21-11-5-3-6-12-21)18-22-13-7-4-8-14-22/h3-16,33H,2,17-20H2,1H3. The maximum Gasteiger partial charge on any atom is 0.158 e. The van der Waals surface area contributed by atoms with Gasteiger partial charge in [-0.25, -0.2) is 9.97 Å². The molecule has 0 aliphatic heterocycles. The molecule has 6 heteroatoms. The van der Waals surface area contributed by atoms with Gasteiger partial charge in [-0.3, -0.25) is 0 Å². The van der Waals surface area contributed by atoms with E-state index in [1.54, 1.807) is 0 Å². The molecule has 2 heterocycles. The van der Waals surface area contributed by atoms with E-state index in [1.165, 1.54) is 11.1 Å². The molecule has 0 radical (unpaired) electrons. The van der Waals surface area contributed by atoms with E-state index in [1.807, 2.05) is 41.8 Å². The Balaban J connectivity index is 1.73. The van der Waals surface area contributed by atoms with E-state index in [4.69, 9.17) is 14.7 Å². The topological polar surface area (TPSA) is 63.4 Å². The van der Waals surface area contributed by atoms with Crippen LogP contribution >= 0.6 is 0 Å². The van der Waals surface area contributed by atoms with Crippen molar-refractivity contribution in [1.82, 2.24) is 14.5 Å². The molecule has 0 aliphatic rings. The number of aromatic nitrogens is 3. The number of rotatable bonds is 9. The number of aliphatic hydroxyl groups excluding tert-OH is 1. The van der Waals surface area contributed by atoms with Crippen LogP contribution in [0.25, 0.3) is 21.9 Å². The van der Waals surface area contributed by atoms with Crippen LogP contribution in [0.1, 0.15) is 23.9 Å². The molecule has 0 amide bonds. The molecule has 34 heavy (non-hydrogen) atoms. The van der Waals surface area contributed by atoms with Crippen molar-refractivity contribution in [2.45, 2.75) is 33.4 Å². The van der Waals surface area contributed by atoms with Gasteiger partial charge in [0, 0.05) is 25.1 Å². The quantitative estimate of drug-likeness (QED) is 0.330. The molecule has 0 bridgehead atoms. The highest BCUT2D eigenvalue weighted by atomic mass is 16.5. The van der Waals surface area contributed by atoms with Crippen LogP contribution in [0, 0.1) is 0 Å². The van der Waals surface area contributed by atoms with Gasteiger partial charge in [0.2, 0.25) is 0 Å². The fraction of sp³-hybridized carbons (Fsp3) is 0.214. The molecule has 5 rings (SSSR count). The molecule has 172 valence electrons. The third-order valence-corrected chi connectivity index (χ3v) is 5.94. The van der Waals surface area contributed by atoms with E-state index >= 15 is 0 Å². The number of imidazole rings is 1. The molecule has 0 atom stereocenters. The fourth-order valence-electron chi connectivity index (χ4n) is 4.34. The van der Waals surface area contributed by atoms with Crippen molar-refractivity contribution in [2.75, 3.05) is 11.5 Å². The first-order valence-corrected chi connectivity index (χ1v) is 11.6. The molecule has 3 aromatic carbocycles. The molecular weight excluding hydrogens is 424 g/mol. The summed E-state index contributed by atoms with van der Waals surface area (Å²) in [7, 11) is 0. The van der Waals surface area contributed by atoms with Gasteiger partial charge in [-0.05, 0) is 24.1 Å². The van der Waals surface area contributed by atoms with Crippen LogP contribution in [-0.4, -0.2) is 26.2 Å². The largest absolute Gasteiger partial charge is 0.388 e. The van der Waals surface area contributed by atoms with Crippen LogP contribution in [0.4, 0.5) is 5.82 Å². The summed E-state index contributed by atoms with van der Waals surface area (Å²) in [6, 6.07) is 28.9. The van der Waals surface area contributed by atoms with Crippen LogP contribution in [-0.2, 0) is 31.2 Å². The van der Waals surface area contributed by atoms with E-state index in [0.717, 1.165) is 27.8 Å². The predicted molar refractivity (Wildman–Crippen MR) is 135 cm³/mol. The van der Waals surface area contributed by atoms with Gasteiger partial charge < -0.3 is 19.3 Å². The zero-order valence-corrected chi connectivity index (χ0v) is 19.3. The normalized spacial score (nSPS) is 11.4. The molecule has 0 unspecified atom stereocenters. The van der Waals surface area contributed by atoms with Crippen LogP contribution in [0.15, 0.2) is 84.9 Å². The van der Waals surface area contributed by atoms with Crippen LogP contribution in [0.3, 0.4) is 0 Å². The van der Waals surface area contributed by atoms with E-state index in [-0.39, 0.29) is 6.61 Å². The van der Waals surface area contributed by atoms with Gasteiger partial charge in [-0.15, -0.1) is 0 Å². The molecule has 0 spiro atoms. The summed E-state index contributed by atoms with van der Waals surface area (Å²) in [6.45, 7) is 4.06. The summed E-state index contributed by atoms with van der Waals surface area (Å²) in [5.74, 6) is 1.37. The van der Waals surface area contributed by atoms with Gasteiger partial charge >= 0.3 is 0 Å². The third kappa shape index (κ3) is 4.38. The van der Waals surface area contributed by atoms with Crippen LogP contribution in [0.2, 0.25) is 0 Å². The SMILES string of the molecule is CCOCn1c(CO)nc2c(N(Cc3ccccc3)Cc3ccccc3)nc3ccccc3c21. The minimum absolute atomic E-state index is 0.174. The van der Waals surface area contributed by atoms with E-state index < -0.39 is 0 Å². The number of anilines is 1. The Bertz CT molecular complexity index is 1340. The second-order valence-corrected chi connectivity index (χ2v) is 8.21. The molecule has 5 aromatic rings. The number of hydrogen-bond donors (Lipinski definition) is 1. The second kappa shape index (κ2) is 10.0. The number of aliphatic hydroxyl groups is 1. The molecule has 0 saturated heterocycles. The van der Waals surface area contributed by atoms with E-state index in [2.05, 4.69) is 59.5 Å². The minimum atomic E-state index is -0.174. The van der Waals surface area contributed by atoms with Crippen molar-refractivity contribution in [2.24, 2.45) is 0 Å². The zero-order valence-electron chi connectivity index (χ0n) is 19.3. The van der Waals surface area contributed by atoms with Crippen molar-refractivity contribution in [3.05, 3.63) is 102 Å². The first-order valence-electron chi connectivity index (χ1n) is 11.6. The van der Waals surface area contributed by atoms with Gasteiger partial charge in [0.1, 0.15) is 24.7 Å². The number of benzene rings is 3. The van der Waals surface area contributed by atoms with Gasteiger partial charge in [0.05, 0.1) is 11.0 Å². The van der Waals surface area contributed by atoms with Crippen molar-refractivity contribution in [1.29, 1.82) is 0 Å². The van der Waals surface area contributed by atoms with Crippen LogP contribution in [0.5, 0.6) is 0 Å². The van der Waals surface area contributed by atoms with Crippen molar-refractivity contribution in [3.63, 3.8) is 0 Å². The Morgan fingerprint density at radius 2 is 1.44 bits per heavy atom. The monoisotopic (exact) mass is 452 g/mol. The van der Waals surface area contributed by atoms with Gasteiger partial charge in [0.15, 0.2) is 5.82 Å². The summed E-state index contributed by atoms with van der Waals surface area (Å²) in [6.07, 6.45) is 0. The number of hydrogen-bond acceptors (Lipinski definition) is 5. The summed E-state index contributed by atoms with van der Waals surface area (Å²) < 4.78 is 7.71. The summed E-state index contributed by atoms with van der Waals surface area (Å²) in [5.41, 5.74) is 4.98. The lowest BCUT2D eigenvalue weighted by molar-refractivity contribution is 0.0852. The number of para-hydroxylation sites is 1. The number of fused-ring (bicyclic) bond motifs is 3. The summed E-state index contributed by atoms with van der Waals surface area (Å²) >= 11 is 0. The highest BCUT2D eigenvalue weighted by Gasteiger charge is 2.22. The highest BCUT2D eigenvalue weighted by molar-refractivity contribution is 6.07. The molecule has 0 fully saturated rings. The number of nitrogens with zero attached hydrogens (tertiary/aromatic N) is 4. The zero-order chi connectivity index (χ0) is 23.3. The second-order valence-electron chi connectivity index (χ2n) is 8.21. The highest BCUT2D eigenvalue weighted by Crippen LogP contribution is 2.33. The number of pyridine rings is 1. The van der Waals surface area contributed by atoms with Gasteiger partial charge in [0.25, 0.3) is 0 Å². The van der Waals surface area contributed by atoms with Gasteiger partial charge in [-0.2, -0.15) is 0 Å². The Hall–Kier alpha value is -3.74. The number of ether oxygens (including phenoxy) is 1. The molecular formula is C28H28N4O2. The lowest BCUT2D eigenvalue weighted by Crippen LogP contribution is -2.23. The van der Waals surface area contributed by atoms with Crippen LogP contribution < -0.4 is 4.90 Å². The average Bonchev–Trinajstić information content (AvgIpc) is 3.26. The molecule has 0 saturated carbocycles. The summed E-state index contributed by atoms with van der Waals surface area (Å²) in [5, 5.41) is 11.1. The maximum absolute atomic E-state index is 10.1. The Morgan fingerprint density at radius 3 is 2.06 bits per heavy atom. The minimum Gasteiger partial charge on any atom is -0.388 e. The predicted octanol–water partition coefficient (Wildman–Crippen LogP) is 5.28. The van der Waals surface area contributed by atoms with Crippen molar-refractivity contribution >= 4 is 27.8 Å². The van der Waals surface area contributed by atoms with E-state index in [0.29, 0.717) is 32.3 Å². The fourth-order valence-corrected chi connectivity index (χ4v) is 4.34. The Kier molecular flexibility index (Phi) is 6.51. The maximum atomic E-state index is 10.1. The lowest BCUT2D eigenvalue weighted by atomic mass is 10.1. The average molecular weight is 453 g/mol. The third-order valence-electron chi connectivity index (χ3n) is 5.94. The van der Waals surface area contributed by atoms with Crippen molar-refractivity contribution in [3.8, 4) is 0 Å².